The SMILES string of the molecule is CCc1cccc(NC=C2C(=O)Nc3cccc(C)c32)c1.O=C(O)CCc1ccc(NC=C2C(=O)Nc3ccc(Cl)cc32)cc1. The Labute approximate surface area is 266 Å². The first-order valence-corrected chi connectivity index (χ1v) is 15.0. The Kier molecular flexibility index (Phi) is 9.65. The minimum absolute atomic E-state index is 0.0570. The average molecular weight is 621 g/mol. The van der Waals surface area contributed by atoms with Gasteiger partial charge in [-0.2, -0.15) is 0 Å². The number of amides is 2. The van der Waals surface area contributed by atoms with Gasteiger partial charge in [0.15, 0.2) is 0 Å². The normalized spacial score (nSPS) is 14.6. The maximum Gasteiger partial charge on any atom is 0.303 e. The number of nitrogens with one attached hydrogen (secondary N) is 4. The topological polar surface area (TPSA) is 120 Å². The first-order chi connectivity index (χ1) is 21.7. The van der Waals surface area contributed by atoms with Crippen molar-refractivity contribution in [2.75, 3.05) is 21.3 Å². The van der Waals surface area contributed by atoms with Gasteiger partial charge in [0.2, 0.25) is 0 Å². The highest BCUT2D eigenvalue weighted by molar-refractivity contribution is 6.35. The second kappa shape index (κ2) is 14.0. The Hall–Kier alpha value is -5.34. The molecule has 2 aliphatic heterocycles. The third-order valence-electron chi connectivity index (χ3n) is 7.48. The van der Waals surface area contributed by atoms with Crippen molar-refractivity contribution in [3.63, 3.8) is 0 Å². The molecule has 0 bridgehead atoms. The molecule has 0 aliphatic carbocycles. The lowest BCUT2D eigenvalue weighted by atomic mass is 10.0. The van der Waals surface area contributed by atoms with Crippen LogP contribution in [0.3, 0.4) is 0 Å². The van der Waals surface area contributed by atoms with Crippen molar-refractivity contribution in [1.29, 1.82) is 0 Å². The molecule has 9 heteroatoms. The zero-order valence-electron chi connectivity index (χ0n) is 24.9. The highest BCUT2D eigenvalue weighted by atomic mass is 35.5. The second-order valence-electron chi connectivity index (χ2n) is 10.6. The third-order valence-corrected chi connectivity index (χ3v) is 7.72. The zero-order chi connectivity index (χ0) is 31.9. The largest absolute Gasteiger partial charge is 0.481 e. The van der Waals surface area contributed by atoms with E-state index in [0.29, 0.717) is 22.6 Å². The molecule has 0 radical (unpaired) electrons. The van der Waals surface area contributed by atoms with Crippen molar-refractivity contribution in [2.24, 2.45) is 0 Å². The Morgan fingerprint density at radius 1 is 0.800 bits per heavy atom. The Bertz CT molecular complexity index is 1830. The summed E-state index contributed by atoms with van der Waals surface area (Å²) in [5.41, 5.74) is 9.70. The number of carboxylic acid groups (broad SMARTS) is 1. The third kappa shape index (κ3) is 7.60. The van der Waals surface area contributed by atoms with E-state index in [1.807, 2.05) is 61.5 Å². The number of halogens is 1. The lowest BCUT2D eigenvalue weighted by Crippen LogP contribution is -2.05. The van der Waals surface area contributed by atoms with Gasteiger partial charge >= 0.3 is 5.97 Å². The van der Waals surface area contributed by atoms with Crippen LogP contribution >= 0.6 is 11.6 Å². The molecule has 2 amide bonds. The summed E-state index contributed by atoms with van der Waals surface area (Å²) >= 11 is 5.99. The number of carboxylic acids is 1. The molecule has 2 heterocycles. The number of hydrogen-bond donors (Lipinski definition) is 5. The van der Waals surface area contributed by atoms with Crippen LogP contribution < -0.4 is 21.3 Å². The molecule has 4 aromatic rings. The number of aryl methyl sites for hydroxylation is 3. The minimum Gasteiger partial charge on any atom is -0.481 e. The number of rotatable bonds is 8. The molecule has 6 rings (SSSR count). The molecule has 0 fully saturated rings. The van der Waals surface area contributed by atoms with Crippen LogP contribution in [0.4, 0.5) is 22.7 Å². The van der Waals surface area contributed by atoms with Crippen molar-refractivity contribution in [2.45, 2.75) is 33.1 Å². The Morgan fingerprint density at radius 3 is 2.24 bits per heavy atom. The van der Waals surface area contributed by atoms with Gasteiger partial charge in [-0.15, -0.1) is 0 Å². The summed E-state index contributed by atoms with van der Waals surface area (Å²) in [7, 11) is 0. The minimum atomic E-state index is -0.813. The molecule has 0 aromatic heterocycles. The lowest BCUT2D eigenvalue weighted by molar-refractivity contribution is -0.137. The van der Waals surface area contributed by atoms with Gasteiger partial charge in [0, 0.05) is 57.7 Å². The summed E-state index contributed by atoms with van der Waals surface area (Å²) in [5, 5.41) is 21.3. The average Bonchev–Trinajstić information content (AvgIpc) is 3.53. The predicted molar refractivity (Wildman–Crippen MR) is 181 cm³/mol. The fourth-order valence-corrected chi connectivity index (χ4v) is 5.26. The number of hydrogen-bond acceptors (Lipinski definition) is 5. The van der Waals surface area contributed by atoms with Gasteiger partial charge in [-0.25, -0.2) is 0 Å². The molecule has 228 valence electrons. The first kappa shape index (κ1) is 31.1. The van der Waals surface area contributed by atoms with Gasteiger partial charge in [-0.1, -0.05) is 54.9 Å². The molecule has 4 aromatic carbocycles. The van der Waals surface area contributed by atoms with Gasteiger partial charge < -0.3 is 26.4 Å². The van der Waals surface area contributed by atoms with Gasteiger partial charge in [0.1, 0.15) is 0 Å². The zero-order valence-corrected chi connectivity index (χ0v) is 25.7. The summed E-state index contributed by atoms with van der Waals surface area (Å²) < 4.78 is 0. The Balaban J connectivity index is 0.000000179. The van der Waals surface area contributed by atoms with Gasteiger partial charge in [0.25, 0.3) is 11.8 Å². The molecule has 8 nitrogen and oxygen atoms in total. The molecular weight excluding hydrogens is 588 g/mol. The van der Waals surface area contributed by atoms with Crippen molar-refractivity contribution < 1.29 is 19.5 Å². The van der Waals surface area contributed by atoms with E-state index in [0.717, 1.165) is 51.4 Å². The summed E-state index contributed by atoms with van der Waals surface area (Å²) in [5.74, 6) is -1.05. The maximum atomic E-state index is 12.1. The molecule has 0 saturated heterocycles. The van der Waals surface area contributed by atoms with Crippen LogP contribution in [0.15, 0.2) is 97.3 Å². The molecule has 0 unspecified atom stereocenters. The second-order valence-corrected chi connectivity index (χ2v) is 11.1. The van der Waals surface area contributed by atoms with E-state index >= 15 is 0 Å². The van der Waals surface area contributed by atoms with Crippen LogP contribution in [-0.2, 0) is 27.2 Å². The fourth-order valence-electron chi connectivity index (χ4n) is 5.08. The molecule has 0 saturated carbocycles. The number of fused-ring (bicyclic) bond motifs is 2. The fraction of sp³-hybridized carbons (Fsp3) is 0.139. The van der Waals surface area contributed by atoms with E-state index in [4.69, 9.17) is 16.7 Å². The van der Waals surface area contributed by atoms with E-state index in [-0.39, 0.29) is 18.2 Å². The molecule has 2 aliphatic rings. The monoisotopic (exact) mass is 620 g/mol. The summed E-state index contributed by atoms with van der Waals surface area (Å²) in [4.78, 5) is 34.7. The van der Waals surface area contributed by atoms with Gasteiger partial charge in [-0.05, 0) is 85.0 Å². The summed E-state index contributed by atoms with van der Waals surface area (Å²) in [6.07, 6.45) is 5.03. The van der Waals surface area contributed by atoms with Crippen LogP contribution in [0.2, 0.25) is 5.02 Å². The predicted octanol–water partition coefficient (Wildman–Crippen LogP) is 7.72. The quantitative estimate of drug-likeness (QED) is 0.129. The molecular formula is C36H33ClN4O4. The van der Waals surface area contributed by atoms with Crippen LogP contribution in [0.25, 0.3) is 11.1 Å². The highest BCUT2D eigenvalue weighted by Crippen LogP contribution is 2.35. The van der Waals surface area contributed by atoms with Crippen LogP contribution in [0, 0.1) is 6.92 Å². The van der Waals surface area contributed by atoms with E-state index in [9.17, 15) is 14.4 Å². The van der Waals surface area contributed by atoms with E-state index in [2.05, 4.69) is 40.3 Å². The van der Waals surface area contributed by atoms with E-state index in [1.165, 1.54) is 5.56 Å². The number of aliphatic carboxylic acids is 1. The van der Waals surface area contributed by atoms with Crippen molar-refractivity contribution in [3.05, 3.63) is 130 Å². The van der Waals surface area contributed by atoms with Crippen LogP contribution in [0.1, 0.15) is 41.2 Å². The molecule has 5 N–H and O–H groups in total. The number of carbonyl (C=O) groups is 3. The maximum absolute atomic E-state index is 12.1. The van der Waals surface area contributed by atoms with Gasteiger partial charge in [-0.3, -0.25) is 14.4 Å². The number of carbonyl (C=O) groups excluding carboxylic acids is 2. The van der Waals surface area contributed by atoms with Crippen molar-refractivity contribution in [3.8, 4) is 0 Å². The molecule has 45 heavy (non-hydrogen) atoms. The standard InChI is InChI=1S/C18H15ClN2O3.C18H18N2O/c19-12-4-7-16-14(9-12)15(18(24)21-16)10-20-13-5-1-11(2-6-13)3-8-17(22)23;1-3-13-7-5-8-14(10-13)19-11-15-17-12(2)6-4-9-16(17)20-18(15)21/h1-2,4-7,9-10,20H,3,8H2,(H,21,24)(H,22,23);4-11,19H,3H2,1-2H3,(H,20,21). The van der Waals surface area contributed by atoms with Gasteiger partial charge in [0.05, 0.1) is 11.1 Å². The van der Waals surface area contributed by atoms with E-state index in [1.54, 1.807) is 30.6 Å². The highest BCUT2D eigenvalue weighted by Gasteiger charge is 2.26. The molecule has 0 spiro atoms. The number of benzene rings is 4. The van der Waals surface area contributed by atoms with Crippen molar-refractivity contribution >= 4 is 63.3 Å². The van der Waals surface area contributed by atoms with E-state index < -0.39 is 5.97 Å². The Morgan fingerprint density at radius 2 is 1.49 bits per heavy atom. The number of anilines is 4. The first-order valence-electron chi connectivity index (χ1n) is 14.6. The van der Waals surface area contributed by atoms with Crippen LogP contribution in [0.5, 0.6) is 0 Å². The molecule has 0 atom stereocenters. The lowest BCUT2D eigenvalue weighted by Gasteiger charge is -2.06. The summed E-state index contributed by atoms with van der Waals surface area (Å²) in [6.45, 7) is 4.15. The smallest absolute Gasteiger partial charge is 0.303 e. The van der Waals surface area contributed by atoms with Crippen LogP contribution in [-0.4, -0.2) is 22.9 Å². The summed E-state index contributed by atoms with van der Waals surface area (Å²) in [6, 6.07) is 26.8. The van der Waals surface area contributed by atoms with Crippen molar-refractivity contribution in [1.82, 2.24) is 0 Å².